The van der Waals surface area contributed by atoms with E-state index in [1.807, 2.05) is 0 Å². The summed E-state index contributed by atoms with van der Waals surface area (Å²) in [5.41, 5.74) is -1.52. The number of aliphatic carboxylic acids is 8. The highest BCUT2D eigenvalue weighted by atomic mass is 16.4. The lowest BCUT2D eigenvalue weighted by Crippen LogP contribution is -2.31. The summed E-state index contributed by atoms with van der Waals surface area (Å²) in [6, 6.07) is 5.71. The first kappa shape index (κ1) is 46.0. The second kappa shape index (κ2) is 18.2. The maximum atomic E-state index is 12.6. The minimum Gasteiger partial charge on any atom is -0.481 e. The van der Waals surface area contributed by atoms with Crippen molar-refractivity contribution in [3.8, 4) is 0 Å². The molecule has 2 aliphatic rings. The monoisotopic (exact) mass is 878 g/mol. The molecule has 0 aliphatic carbocycles. The van der Waals surface area contributed by atoms with Gasteiger partial charge in [-0.2, -0.15) is 0 Å². The molecule has 5 rings (SSSR count). The molecule has 10 N–H and O–H groups in total. The van der Waals surface area contributed by atoms with Gasteiger partial charge in [0.05, 0.1) is 25.7 Å². The first-order chi connectivity index (χ1) is 29.0. The van der Waals surface area contributed by atoms with Gasteiger partial charge in [0, 0.05) is 93.2 Å². The standard InChI is InChI=1S/C42H46N4O16/c1-41(17-39(59)60)23(5-9-35(51)52)29-14-27-21(11-37(55)56)19(3-7-33(47)48)25(43-27)13-26-20(4-8-34(49)50)22(12-38(57)58)28(44-26)15-31-42(2,18-40(61)62)24(6-10-36(53)54)30(46-31)16-32(41)45-29/h13-16,23-24,43-44H,3-12,17-18H2,1-2H3,(H,47,48)(H,49,50)(H,51,52)(H,53,54)(H,55,56)(H,57,58)(H,59,60)(H,61,62)/t23-,24-,41+,42+/m1/s1/i19+2,20+2,23+2,24+2,27+2,28+2,31+2,32+2. The van der Waals surface area contributed by atoms with Crippen LogP contribution in [0.5, 0.6) is 0 Å². The summed E-state index contributed by atoms with van der Waals surface area (Å²) in [5, 5.41) is 79.7. The zero-order chi connectivity index (χ0) is 45.8. The molecule has 0 saturated heterocycles. The molecule has 0 fully saturated rings. The zero-order valence-electron chi connectivity index (χ0n) is 33.7. The molecule has 20 nitrogen and oxygen atoms in total. The van der Waals surface area contributed by atoms with Crippen molar-refractivity contribution in [3.05, 3.63) is 69.3 Å². The van der Waals surface area contributed by atoms with E-state index in [0.717, 1.165) is 0 Å². The molecular formula is C42H46N4O16. The molecule has 330 valence electrons. The fraction of sp³-hybridized carbons (Fsp3) is 0.429. The third kappa shape index (κ3) is 10.1. The maximum absolute atomic E-state index is 12.6. The number of rotatable bonds is 20. The minimum atomic E-state index is -1.49. The Hall–Kier alpha value is -7.12. The molecular weight excluding hydrogens is 832 g/mol. The van der Waals surface area contributed by atoms with Gasteiger partial charge < -0.3 is 50.8 Å². The topological polar surface area (TPSA) is 356 Å². The number of carboxylic acid groups (broad SMARTS) is 8. The lowest BCUT2D eigenvalue weighted by molar-refractivity contribution is -0.140. The van der Waals surface area contributed by atoms with Crippen LogP contribution in [0.15, 0.2) is 24.3 Å². The predicted octanol–water partition coefficient (Wildman–Crippen LogP) is 4.37. The van der Waals surface area contributed by atoms with Crippen LogP contribution in [-0.4, -0.2) is 109 Å². The van der Waals surface area contributed by atoms with Gasteiger partial charge in [-0.1, -0.05) is 13.8 Å². The van der Waals surface area contributed by atoms with Gasteiger partial charge in [0.1, 0.15) is 0 Å². The Labute approximate surface area is 351 Å². The average Bonchev–Trinajstić information content (AvgIpc) is 3.77. The summed E-state index contributed by atoms with van der Waals surface area (Å²) in [4.78, 5) is 114. The molecule has 5 heterocycles. The molecule has 3 aromatic heterocycles. The maximum Gasteiger partial charge on any atom is 0.307 e. The number of aromatic nitrogens is 4. The summed E-state index contributed by atoms with van der Waals surface area (Å²) < 4.78 is 0. The number of nitrogens with one attached hydrogen (secondary N) is 2. The summed E-state index contributed by atoms with van der Waals surface area (Å²) in [6.45, 7) is 3.09. The summed E-state index contributed by atoms with van der Waals surface area (Å²) in [5.74, 6) is -12.0. The van der Waals surface area contributed by atoms with Crippen LogP contribution in [0.1, 0.15) is 122 Å². The predicted molar refractivity (Wildman–Crippen MR) is 214 cm³/mol. The lowest BCUT2D eigenvalue weighted by Gasteiger charge is -2.31. The molecule has 0 amide bonds. The van der Waals surface area contributed by atoms with Crippen LogP contribution in [0.2, 0.25) is 0 Å². The second-order valence-electron chi connectivity index (χ2n) is 16.1. The van der Waals surface area contributed by atoms with Crippen molar-refractivity contribution < 1.29 is 79.2 Å². The second-order valence-corrected chi connectivity index (χ2v) is 16.1. The Morgan fingerprint density at radius 3 is 1.39 bits per heavy atom. The van der Waals surface area contributed by atoms with Gasteiger partial charge in [-0.3, -0.25) is 48.3 Å². The van der Waals surface area contributed by atoms with Crippen LogP contribution < -0.4 is 0 Å². The SMILES string of the molecule is C[C@@]1(CC(=O)O)[14c]2cc3n[14c](c[14c]4[nH]c(cc5[nH][14c](cc(n2)[14C@H]1CCC(=O)O)c(CC(=O)O)[14c]5CCC(=O)O)[14c](CCC(=O)O)c4CC(=O)O)[C@@](C)(CC(=O)O)[14C@@H]3CCC(=O)O. The van der Waals surface area contributed by atoms with Crippen molar-refractivity contribution in [3.63, 3.8) is 0 Å². The molecule has 0 saturated carbocycles. The van der Waals surface area contributed by atoms with Gasteiger partial charge >= 0.3 is 47.8 Å². The first-order valence-electron chi connectivity index (χ1n) is 19.5. The zero-order valence-corrected chi connectivity index (χ0v) is 33.7. The number of nitrogens with zero attached hydrogens (tertiary/aromatic N) is 2. The minimum absolute atomic E-state index is 0.0580. The Balaban J connectivity index is 2.11. The third-order valence-electron chi connectivity index (χ3n) is 11.8. The van der Waals surface area contributed by atoms with Gasteiger partial charge in [-0.15, -0.1) is 0 Å². The highest BCUT2D eigenvalue weighted by Gasteiger charge is 2.48. The summed E-state index contributed by atoms with van der Waals surface area (Å²) in [6.07, 6.45) is -5.18. The van der Waals surface area contributed by atoms with Crippen LogP contribution in [0.3, 0.4) is 0 Å². The van der Waals surface area contributed by atoms with E-state index in [1.165, 1.54) is 24.3 Å². The van der Waals surface area contributed by atoms with Crippen LogP contribution in [0, 0.1) is 0 Å². The van der Waals surface area contributed by atoms with E-state index in [2.05, 4.69) is 9.97 Å². The number of carboxylic acids is 8. The number of aryl methyl sites for hydroxylation is 2. The van der Waals surface area contributed by atoms with E-state index < -0.39 is 122 Å². The smallest absolute Gasteiger partial charge is 0.307 e. The number of hydrogen-bond acceptors (Lipinski definition) is 10. The molecule has 0 spiro atoms. The van der Waals surface area contributed by atoms with Crippen LogP contribution in [-0.2, 0) is 74.9 Å². The Morgan fingerprint density at radius 1 is 0.548 bits per heavy atom. The van der Waals surface area contributed by atoms with Gasteiger partial charge in [-0.25, -0.2) is 0 Å². The van der Waals surface area contributed by atoms with Gasteiger partial charge in [-0.05, 0) is 72.2 Å². The van der Waals surface area contributed by atoms with E-state index in [-0.39, 0.29) is 92.8 Å². The number of H-pyrrole nitrogens is 2. The Kier molecular flexibility index (Phi) is 13.5. The average molecular weight is 879 g/mol. The van der Waals surface area contributed by atoms with Gasteiger partial charge in [0.2, 0.25) is 0 Å². The lowest BCUT2D eigenvalue weighted by atomic mass is 10.1. The number of fused-ring (bicyclic) bond motifs is 8. The molecule has 3 aromatic rings. The van der Waals surface area contributed by atoms with Crippen molar-refractivity contribution in [1.29, 1.82) is 0 Å². The number of aromatic amines is 2. The van der Waals surface area contributed by atoms with E-state index >= 15 is 0 Å². The van der Waals surface area contributed by atoms with E-state index in [4.69, 9.17) is 9.97 Å². The highest BCUT2D eigenvalue weighted by molar-refractivity contribution is 5.86. The van der Waals surface area contributed by atoms with E-state index in [9.17, 15) is 79.2 Å². The Bertz CT molecular complexity index is 2540. The molecule has 0 radical (unpaired) electrons. The number of carbonyl (C=O) groups is 8. The molecule has 4 atom stereocenters. The fourth-order valence-corrected chi connectivity index (χ4v) is 8.93. The molecule has 62 heavy (non-hydrogen) atoms. The van der Waals surface area contributed by atoms with Crippen LogP contribution in [0.25, 0.3) is 22.1 Å². The van der Waals surface area contributed by atoms with Crippen molar-refractivity contribution in [2.24, 2.45) is 0 Å². The quantitative estimate of drug-likeness (QED) is 0.0753. The van der Waals surface area contributed by atoms with Crippen molar-refractivity contribution in [2.45, 2.75) is 114 Å². The normalized spacial score (nSPS) is 19.5. The van der Waals surface area contributed by atoms with E-state index in [0.29, 0.717) is 0 Å². The van der Waals surface area contributed by atoms with Crippen molar-refractivity contribution in [1.82, 2.24) is 19.9 Å². The molecule has 0 aromatic carbocycles. The summed E-state index contributed by atoms with van der Waals surface area (Å²) in [7, 11) is 0. The molecule has 2 aliphatic heterocycles. The summed E-state index contributed by atoms with van der Waals surface area (Å²) >= 11 is 0. The molecule has 20 heteroatoms. The Morgan fingerprint density at radius 2 is 0.952 bits per heavy atom. The van der Waals surface area contributed by atoms with E-state index in [1.54, 1.807) is 13.8 Å². The van der Waals surface area contributed by atoms with Crippen molar-refractivity contribution >= 4 is 69.8 Å². The molecule has 8 bridgehead atoms. The van der Waals surface area contributed by atoms with Crippen molar-refractivity contribution in [2.75, 3.05) is 0 Å². The van der Waals surface area contributed by atoms with Gasteiger partial charge in [0.25, 0.3) is 0 Å². The fourth-order valence-electron chi connectivity index (χ4n) is 8.93. The van der Waals surface area contributed by atoms with Crippen LogP contribution >= 0.6 is 0 Å². The third-order valence-corrected chi connectivity index (χ3v) is 11.8. The largest absolute Gasteiger partial charge is 0.481 e. The molecule has 0 unspecified atom stereocenters. The van der Waals surface area contributed by atoms with Gasteiger partial charge in [0.15, 0.2) is 0 Å². The van der Waals surface area contributed by atoms with Crippen LogP contribution in [0.4, 0.5) is 0 Å². The first-order valence-corrected chi connectivity index (χ1v) is 19.5. The number of hydrogen-bond donors (Lipinski definition) is 10. The highest BCUT2D eigenvalue weighted by Crippen LogP contribution is 2.51.